The second-order valence-corrected chi connectivity index (χ2v) is 4.93. The van der Waals surface area contributed by atoms with Gasteiger partial charge in [0.25, 0.3) is 5.89 Å². The van der Waals surface area contributed by atoms with E-state index in [1.165, 1.54) is 12.1 Å². The van der Waals surface area contributed by atoms with Gasteiger partial charge >= 0.3 is 0 Å². The Morgan fingerprint density at radius 2 is 2.24 bits per heavy atom. The third-order valence-electron chi connectivity index (χ3n) is 2.24. The van der Waals surface area contributed by atoms with E-state index in [0.29, 0.717) is 5.89 Å². The predicted octanol–water partition coefficient (Wildman–Crippen LogP) is 4.38. The van der Waals surface area contributed by atoms with Crippen molar-refractivity contribution in [1.82, 2.24) is 10.2 Å². The SMILES string of the molecule is CCC(Br)c1nnc(-c2c(F)cccc2Cl)o1. The van der Waals surface area contributed by atoms with Crippen LogP contribution in [0.25, 0.3) is 11.5 Å². The molecule has 0 saturated carbocycles. The van der Waals surface area contributed by atoms with Gasteiger partial charge in [-0.25, -0.2) is 4.39 Å². The molecule has 0 aliphatic carbocycles. The fraction of sp³-hybridized carbons (Fsp3) is 0.273. The molecule has 0 bridgehead atoms. The van der Waals surface area contributed by atoms with Crippen LogP contribution < -0.4 is 0 Å². The van der Waals surface area contributed by atoms with E-state index in [4.69, 9.17) is 16.0 Å². The van der Waals surface area contributed by atoms with E-state index in [1.807, 2.05) is 6.92 Å². The van der Waals surface area contributed by atoms with Crippen LogP contribution in [0.5, 0.6) is 0 Å². The van der Waals surface area contributed by atoms with Gasteiger partial charge < -0.3 is 4.42 Å². The van der Waals surface area contributed by atoms with Gasteiger partial charge in [-0.05, 0) is 18.6 Å². The summed E-state index contributed by atoms with van der Waals surface area (Å²) >= 11 is 9.29. The van der Waals surface area contributed by atoms with Crippen LogP contribution in [0.15, 0.2) is 22.6 Å². The summed E-state index contributed by atoms with van der Waals surface area (Å²) in [7, 11) is 0. The minimum absolute atomic E-state index is 0.0331. The van der Waals surface area contributed by atoms with Gasteiger partial charge in [0.1, 0.15) is 5.82 Å². The Bertz CT molecular complexity index is 512. The number of halogens is 3. The van der Waals surface area contributed by atoms with Crippen molar-refractivity contribution in [1.29, 1.82) is 0 Å². The van der Waals surface area contributed by atoms with Crippen LogP contribution in [0, 0.1) is 5.82 Å². The highest BCUT2D eigenvalue weighted by atomic mass is 79.9. The smallest absolute Gasteiger partial charge is 0.252 e. The number of alkyl halides is 1. The number of hydrogen-bond acceptors (Lipinski definition) is 3. The molecule has 3 nitrogen and oxygen atoms in total. The van der Waals surface area contributed by atoms with Gasteiger partial charge in [0.2, 0.25) is 5.89 Å². The largest absolute Gasteiger partial charge is 0.419 e. The minimum Gasteiger partial charge on any atom is -0.419 e. The molecule has 0 spiro atoms. The van der Waals surface area contributed by atoms with Gasteiger partial charge in [0.05, 0.1) is 15.4 Å². The van der Waals surface area contributed by atoms with Gasteiger partial charge in [0, 0.05) is 0 Å². The summed E-state index contributed by atoms with van der Waals surface area (Å²) in [4.78, 5) is -0.0331. The van der Waals surface area contributed by atoms with E-state index in [2.05, 4.69) is 26.1 Å². The Kier molecular flexibility index (Phi) is 3.79. The summed E-state index contributed by atoms with van der Waals surface area (Å²) in [5.74, 6) is 0.0399. The lowest BCUT2D eigenvalue weighted by Gasteiger charge is -2.01. The zero-order valence-corrected chi connectivity index (χ0v) is 11.3. The Morgan fingerprint density at radius 1 is 1.47 bits per heavy atom. The number of hydrogen-bond donors (Lipinski definition) is 0. The van der Waals surface area contributed by atoms with Crippen molar-refractivity contribution >= 4 is 27.5 Å². The van der Waals surface area contributed by atoms with Crippen molar-refractivity contribution in [3.05, 3.63) is 34.9 Å². The fourth-order valence-corrected chi connectivity index (χ4v) is 1.77. The number of aromatic nitrogens is 2. The molecule has 1 unspecified atom stereocenters. The van der Waals surface area contributed by atoms with E-state index in [0.717, 1.165) is 6.42 Å². The summed E-state index contributed by atoms with van der Waals surface area (Å²) in [5, 5.41) is 7.92. The fourth-order valence-electron chi connectivity index (χ4n) is 1.34. The zero-order valence-electron chi connectivity index (χ0n) is 8.95. The highest BCUT2D eigenvalue weighted by Gasteiger charge is 2.19. The lowest BCUT2D eigenvalue weighted by molar-refractivity contribution is 0.496. The average Bonchev–Trinajstić information content (AvgIpc) is 2.77. The van der Waals surface area contributed by atoms with E-state index < -0.39 is 5.82 Å². The molecule has 0 aliphatic heterocycles. The van der Waals surface area contributed by atoms with Crippen molar-refractivity contribution in [3.8, 4) is 11.5 Å². The monoisotopic (exact) mass is 318 g/mol. The Hall–Kier alpha value is -0.940. The van der Waals surface area contributed by atoms with Gasteiger partial charge in [-0.1, -0.05) is 40.5 Å². The van der Waals surface area contributed by atoms with E-state index >= 15 is 0 Å². The number of rotatable bonds is 3. The third kappa shape index (κ3) is 2.50. The molecular weight excluding hydrogens is 310 g/mol. The molecule has 1 aromatic carbocycles. The highest BCUT2D eigenvalue weighted by Crippen LogP contribution is 2.32. The zero-order chi connectivity index (χ0) is 12.4. The Balaban J connectivity index is 2.44. The van der Waals surface area contributed by atoms with Crippen LogP contribution in [-0.4, -0.2) is 10.2 Å². The summed E-state index contributed by atoms with van der Waals surface area (Å²) in [5.41, 5.74) is 0.142. The molecule has 2 rings (SSSR count). The topological polar surface area (TPSA) is 38.9 Å². The van der Waals surface area contributed by atoms with Gasteiger partial charge in [-0.15, -0.1) is 10.2 Å². The maximum atomic E-state index is 13.6. The molecule has 0 saturated heterocycles. The van der Waals surface area contributed by atoms with Crippen molar-refractivity contribution in [2.45, 2.75) is 18.2 Å². The van der Waals surface area contributed by atoms with Gasteiger partial charge in [-0.3, -0.25) is 0 Å². The Labute approximate surface area is 111 Å². The van der Waals surface area contributed by atoms with Crippen LogP contribution in [-0.2, 0) is 0 Å². The molecule has 0 aliphatic rings. The quantitative estimate of drug-likeness (QED) is 0.788. The van der Waals surface area contributed by atoms with Crippen molar-refractivity contribution in [2.24, 2.45) is 0 Å². The molecule has 1 atom stereocenters. The first-order valence-corrected chi connectivity index (χ1v) is 6.34. The molecule has 0 N–H and O–H groups in total. The first-order chi connectivity index (χ1) is 8.13. The lowest BCUT2D eigenvalue weighted by atomic mass is 10.2. The lowest BCUT2D eigenvalue weighted by Crippen LogP contribution is -1.86. The summed E-state index contributed by atoms with van der Waals surface area (Å²) in [6.45, 7) is 1.97. The third-order valence-corrected chi connectivity index (χ3v) is 3.60. The van der Waals surface area contributed by atoms with E-state index in [-0.39, 0.29) is 21.3 Å². The summed E-state index contributed by atoms with van der Waals surface area (Å²) < 4.78 is 19.0. The number of nitrogens with zero attached hydrogens (tertiary/aromatic N) is 2. The maximum absolute atomic E-state index is 13.6. The average molecular weight is 320 g/mol. The van der Waals surface area contributed by atoms with Crippen molar-refractivity contribution in [2.75, 3.05) is 0 Å². The van der Waals surface area contributed by atoms with Crippen LogP contribution in [0.2, 0.25) is 5.02 Å². The molecule has 17 heavy (non-hydrogen) atoms. The van der Waals surface area contributed by atoms with Crippen LogP contribution in [0.3, 0.4) is 0 Å². The normalized spacial score (nSPS) is 12.7. The molecule has 0 amide bonds. The van der Waals surface area contributed by atoms with Crippen molar-refractivity contribution < 1.29 is 8.81 Å². The molecule has 2 aromatic rings. The molecular formula is C11H9BrClFN2O. The molecule has 0 radical (unpaired) electrons. The minimum atomic E-state index is -0.477. The first kappa shape index (κ1) is 12.5. The molecule has 90 valence electrons. The summed E-state index contributed by atoms with van der Waals surface area (Å²) in [6.07, 6.45) is 0.798. The van der Waals surface area contributed by atoms with Crippen LogP contribution >= 0.6 is 27.5 Å². The molecule has 0 fully saturated rings. The van der Waals surface area contributed by atoms with E-state index in [9.17, 15) is 4.39 Å². The predicted molar refractivity (Wildman–Crippen MR) is 66.7 cm³/mol. The van der Waals surface area contributed by atoms with Crippen molar-refractivity contribution in [3.63, 3.8) is 0 Å². The van der Waals surface area contributed by atoms with E-state index in [1.54, 1.807) is 6.07 Å². The Morgan fingerprint density at radius 3 is 2.88 bits per heavy atom. The number of benzene rings is 1. The molecule has 1 heterocycles. The van der Waals surface area contributed by atoms with Gasteiger partial charge in [0.15, 0.2) is 0 Å². The van der Waals surface area contributed by atoms with Gasteiger partial charge in [-0.2, -0.15) is 0 Å². The standard InChI is InChI=1S/C11H9BrClFN2O/c1-2-6(12)10-15-16-11(17-10)9-7(13)4-3-5-8(9)14/h3-6H,2H2,1H3. The van der Waals surface area contributed by atoms with Crippen LogP contribution in [0.4, 0.5) is 4.39 Å². The first-order valence-electron chi connectivity index (χ1n) is 5.05. The second kappa shape index (κ2) is 5.14. The molecule has 6 heteroatoms. The highest BCUT2D eigenvalue weighted by molar-refractivity contribution is 9.09. The molecule has 1 aromatic heterocycles. The van der Waals surface area contributed by atoms with Crippen LogP contribution in [0.1, 0.15) is 24.1 Å². The second-order valence-electron chi connectivity index (χ2n) is 3.42. The maximum Gasteiger partial charge on any atom is 0.252 e. The summed E-state index contributed by atoms with van der Waals surface area (Å²) in [6, 6.07) is 4.41.